The van der Waals surface area contributed by atoms with Crippen LogP contribution in [-0.2, 0) is 18.6 Å². The molecule has 126 valence electrons. The van der Waals surface area contributed by atoms with Gasteiger partial charge in [-0.3, -0.25) is 0 Å². The standard InChI is InChI=1S/C15H32NO4P/c1-12(2)18-21(14(5)6,15(7)8,19-13(3)4)20-17-11-9-10-16/h12-15H,9,11H2,1-8H3. The summed E-state index contributed by atoms with van der Waals surface area (Å²) in [5.41, 5.74) is 0.0331. The van der Waals surface area contributed by atoms with Gasteiger partial charge in [0.1, 0.15) is 0 Å². The minimum atomic E-state index is -3.50. The van der Waals surface area contributed by atoms with Crippen molar-refractivity contribution < 1.29 is 18.6 Å². The molecule has 0 aromatic carbocycles. The Bertz CT molecular complexity index is 328. The third-order valence-corrected chi connectivity index (χ3v) is 8.99. The molecule has 0 radical (unpaired) electrons. The molecular weight excluding hydrogens is 289 g/mol. The van der Waals surface area contributed by atoms with Crippen LogP contribution in [0.25, 0.3) is 0 Å². The van der Waals surface area contributed by atoms with Crippen LogP contribution in [-0.4, -0.2) is 30.1 Å². The van der Waals surface area contributed by atoms with E-state index in [1.807, 2.05) is 61.5 Å². The predicted octanol–water partition coefficient (Wildman–Crippen LogP) is 4.81. The Kier molecular flexibility index (Phi) is 8.31. The number of rotatable bonds is 10. The van der Waals surface area contributed by atoms with E-state index in [4.69, 9.17) is 23.9 Å². The van der Waals surface area contributed by atoms with Crippen LogP contribution in [0.2, 0.25) is 0 Å². The van der Waals surface area contributed by atoms with Crippen LogP contribution in [0.1, 0.15) is 61.8 Å². The molecule has 0 aliphatic rings. The average Bonchev–Trinajstić information content (AvgIpc) is 2.32. The van der Waals surface area contributed by atoms with E-state index in [9.17, 15) is 0 Å². The van der Waals surface area contributed by atoms with Crippen LogP contribution in [0.5, 0.6) is 0 Å². The van der Waals surface area contributed by atoms with Gasteiger partial charge in [-0.05, 0) is 0 Å². The van der Waals surface area contributed by atoms with Crippen LogP contribution >= 0.6 is 7.28 Å². The zero-order valence-corrected chi connectivity index (χ0v) is 15.6. The van der Waals surface area contributed by atoms with E-state index < -0.39 is 7.28 Å². The summed E-state index contributed by atoms with van der Waals surface area (Å²) in [6.45, 7) is 16.2. The summed E-state index contributed by atoms with van der Waals surface area (Å²) in [6, 6.07) is 2.03. The molecule has 0 aliphatic heterocycles. The van der Waals surface area contributed by atoms with E-state index in [0.29, 0.717) is 0 Å². The van der Waals surface area contributed by atoms with Crippen molar-refractivity contribution in [2.24, 2.45) is 0 Å². The molecule has 0 aliphatic carbocycles. The van der Waals surface area contributed by atoms with Crippen LogP contribution in [0, 0.1) is 11.3 Å². The minimum absolute atomic E-state index is 0.0166. The van der Waals surface area contributed by atoms with E-state index in [0.717, 1.165) is 0 Å². The fraction of sp³-hybridized carbons (Fsp3) is 0.933. The van der Waals surface area contributed by atoms with Gasteiger partial charge in [0.25, 0.3) is 0 Å². The second kappa shape index (κ2) is 8.41. The molecule has 0 aromatic heterocycles. The Labute approximate surface area is 130 Å². The summed E-state index contributed by atoms with van der Waals surface area (Å²) in [5.74, 6) is 0. The SMILES string of the molecule is CC(C)OP(OOCCC#N)(OC(C)C)(C(C)C)C(C)C. The molecule has 0 fully saturated rings. The molecule has 0 spiro atoms. The van der Waals surface area contributed by atoms with Gasteiger partial charge >= 0.3 is 129 Å². The van der Waals surface area contributed by atoms with Crippen molar-refractivity contribution in [2.45, 2.75) is 85.3 Å². The monoisotopic (exact) mass is 321 g/mol. The van der Waals surface area contributed by atoms with Crippen LogP contribution in [0.15, 0.2) is 0 Å². The first kappa shape index (κ1) is 20.8. The van der Waals surface area contributed by atoms with Gasteiger partial charge < -0.3 is 0 Å². The Hall–Kier alpha value is -0.240. The van der Waals surface area contributed by atoms with Crippen molar-refractivity contribution in [1.82, 2.24) is 0 Å². The third kappa shape index (κ3) is 4.87. The van der Waals surface area contributed by atoms with Crippen molar-refractivity contribution in [3.63, 3.8) is 0 Å². The summed E-state index contributed by atoms with van der Waals surface area (Å²) in [7, 11) is -3.50. The summed E-state index contributed by atoms with van der Waals surface area (Å²) in [5, 5.41) is 8.63. The molecule has 6 heteroatoms. The molecule has 0 saturated heterocycles. The van der Waals surface area contributed by atoms with Gasteiger partial charge in [0, 0.05) is 0 Å². The fourth-order valence-electron chi connectivity index (χ4n) is 2.37. The van der Waals surface area contributed by atoms with Gasteiger partial charge in [-0.15, -0.1) is 0 Å². The van der Waals surface area contributed by atoms with Crippen molar-refractivity contribution >= 4 is 7.28 Å². The molecule has 5 nitrogen and oxygen atoms in total. The summed E-state index contributed by atoms with van der Waals surface area (Å²) < 4.78 is 18.5. The van der Waals surface area contributed by atoms with Gasteiger partial charge in [-0.25, -0.2) is 0 Å². The van der Waals surface area contributed by atoms with Gasteiger partial charge in [0.15, 0.2) is 0 Å². The fourth-order valence-corrected chi connectivity index (χ4v) is 6.95. The number of nitriles is 1. The number of nitrogens with zero attached hydrogens (tertiary/aromatic N) is 1. The van der Waals surface area contributed by atoms with Gasteiger partial charge in [0.2, 0.25) is 0 Å². The van der Waals surface area contributed by atoms with Gasteiger partial charge in [-0.2, -0.15) is 0 Å². The maximum atomic E-state index is 8.63. The summed E-state index contributed by atoms with van der Waals surface area (Å²) in [4.78, 5) is 5.35. The normalized spacial score (nSPS) is 14.7. The van der Waals surface area contributed by atoms with E-state index in [2.05, 4.69) is 0 Å². The van der Waals surface area contributed by atoms with Crippen LogP contribution in [0.3, 0.4) is 0 Å². The molecule has 0 saturated carbocycles. The van der Waals surface area contributed by atoms with Crippen molar-refractivity contribution in [3.05, 3.63) is 0 Å². The second-order valence-electron chi connectivity index (χ2n) is 6.31. The predicted molar refractivity (Wildman–Crippen MR) is 86.9 cm³/mol. The molecule has 0 unspecified atom stereocenters. The molecule has 0 rings (SSSR count). The quantitative estimate of drug-likeness (QED) is 0.250. The van der Waals surface area contributed by atoms with Crippen LogP contribution < -0.4 is 0 Å². The van der Waals surface area contributed by atoms with Gasteiger partial charge in [-0.1, -0.05) is 0 Å². The third-order valence-electron chi connectivity index (χ3n) is 3.20. The Morgan fingerprint density at radius 2 is 1.29 bits per heavy atom. The molecule has 0 bridgehead atoms. The average molecular weight is 321 g/mol. The molecular formula is C15H32NO4P. The topological polar surface area (TPSA) is 60.7 Å². The zero-order chi connectivity index (χ0) is 16.7. The second-order valence-corrected chi connectivity index (χ2v) is 11.0. The maximum absolute atomic E-state index is 8.63. The van der Waals surface area contributed by atoms with E-state index >= 15 is 0 Å². The molecule has 0 amide bonds. The van der Waals surface area contributed by atoms with Gasteiger partial charge in [0.05, 0.1) is 0 Å². The summed E-state index contributed by atoms with van der Waals surface area (Å²) >= 11 is 0. The first-order chi connectivity index (χ1) is 9.61. The van der Waals surface area contributed by atoms with Crippen molar-refractivity contribution in [3.8, 4) is 6.07 Å². The Balaban J connectivity index is 5.64. The zero-order valence-electron chi connectivity index (χ0n) is 14.8. The molecule has 0 N–H and O–H groups in total. The van der Waals surface area contributed by atoms with E-state index in [1.54, 1.807) is 0 Å². The molecule has 0 atom stereocenters. The Morgan fingerprint density at radius 3 is 1.57 bits per heavy atom. The van der Waals surface area contributed by atoms with Crippen molar-refractivity contribution in [1.29, 1.82) is 5.26 Å². The molecule has 0 heterocycles. The van der Waals surface area contributed by atoms with Crippen LogP contribution in [0.4, 0.5) is 0 Å². The molecule has 21 heavy (non-hydrogen) atoms. The number of hydrogen-bond donors (Lipinski definition) is 0. The van der Waals surface area contributed by atoms with E-state index in [-0.39, 0.29) is 36.6 Å². The number of hydrogen-bond acceptors (Lipinski definition) is 5. The van der Waals surface area contributed by atoms with E-state index in [1.165, 1.54) is 0 Å². The summed E-state index contributed by atoms with van der Waals surface area (Å²) in [6.07, 6.45) is 0.169. The van der Waals surface area contributed by atoms with Crippen molar-refractivity contribution in [2.75, 3.05) is 6.61 Å². The first-order valence-electron chi connectivity index (χ1n) is 7.69. The first-order valence-corrected chi connectivity index (χ1v) is 9.82. The Morgan fingerprint density at radius 1 is 0.857 bits per heavy atom. The molecule has 0 aromatic rings.